The van der Waals surface area contributed by atoms with Gasteiger partial charge in [-0.15, -0.1) is 0 Å². The number of hydrogen-bond donors (Lipinski definition) is 1. The molecule has 0 aliphatic heterocycles. The van der Waals surface area contributed by atoms with Gasteiger partial charge in [-0.2, -0.15) is 0 Å². The molecule has 0 atom stereocenters. The predicted molar refractivity (Wildman–Crippen MR) is 52.5 cm³/mol. The van der Waals surface area contributed by atoms with E-state index >= 15 is 0 Å². The Balaban J connectivity index is 3.50. The van der Waals surface area contributed by atoms with Crippen LogP contribution in [0.1, 0.15) is 0 Å². The zero-order chi connectivity index (χ0) is 10.2. The molecular formula is C6H3Cl3N2O2. The van der Waals surface area contributed by atoms with Crippen molar-refractivity contribution in [3.8, 4) is 0 Å². The molecule has 0 saturated heterocycles. The van der Waals surface area contributed by atoms with Gasteiger partial charge in [0.05, 0.1) is 20.7 Å². The summed E-state index contributed by atoms with van der Waals surface area (Å²) in [5.74, 6) is 0. The number of benzene rings is 1. The predicted octanol–water partition coefficient (Wildman–Crippen LogP) is 3.14. The third-order valence-electron chi connectivity index (χ3n) is 1.37. The zero-order valence-electron chi connectivity index (χ0n) is 6.05. The van der Waals surface area contributed by atoms with Gasteiger partial charge in [-0.25, -0.2) is 0 Å². The van der Waals surface area contributed by atoms with E-state index in [9.17, 15) is 10.1 Å². The van der Waals surface area contributed by atoms with Gasteiger partial charge in [0.1, 0.15) is 5.02 Å². The SMILES string of the molecule is Nc1c(Cl)c(Cl)cc([N+](=O)[O-])c1Cl. The Morgan fingerprint density at radius 2 is 1.85 bits per heavy atom. The first-order valence-corrected chi connectivity index (χ1v) is 4.16. The second-order valence-electron chi connectivity index (χ2n) is 2.18. The highest BCUT2D eigenvalue weighted by atomic mass is 35.5. The molecule has 13 heavy (non-hydrogen) atoms. The van der Waals surface area contributed by atoms with Gasteiger partial charge in [0.15, 0.2) is 0 Å². The molecule has 7 heteroatoms. The first-order chi connectivity index (χ1) is 5.95. The lowest BCUT2D eigenvalue weighted by molar-refractivity contribution is -0.384. The number of nitro groups is 1. The molecule has 0 aromatic heterocycles. The quantitative estimate of drug-likeness (QED) is 0.355. The van der Waals surface area contributed by atoms with Crippen LogP contribution in [0.25, 0.3) is 0 Å². The molecule has 1 aromatic carbocycles. The van der Waals surface area contributed by atoms with Crippen LogP contribution in [0.15, 0.2) is 6.07 Å². The van der Waals surface area contributed by atoms with E-state index in [1.807, 2.05) is 0 Å². The lowest BCUT2D eigenvalue weighted by Gasteiger charge is -2.03. The number of nitrogens with two attached hydrogens (primary N) is 1. The monoisotopic (exact) mass is 240 g/mol. The van der Waals surface area contributed by atoms with Crippen molar-refractivity contribution in [2.24, 2.45) is 0 Å². The van der Waals surface area contributed by atoms with E-state index < -0.39 is 4.92 Å². The summed E-state index contributed by atoms with van der Waals surface area (Å²) in [4.78, 5) is 9.72. The van der Waals surface area contributed by atoms with E-state index in [1.165, 1.54) is 0 Å². The fraction of sp³-hybridized carbons (Fsp3) is 0. The molecule has 0 aliphatic rings. The summed E-state index contributed by atoms with van der Waals surface area (Å²) in [6.45, 7) is 0. The van der Waals surface area contributed by atoms with E-state index in [4.69, 9.17) is 40.5 Å². The van der Waals surface area contributed by atoms with E-state index in [1.54, 1.807) is 0 Å². The molecule has 0 heterocycles. The van der Waals surface area contributed by atoms with Crippen molar-refractivity contribution in [1.29, 1.82) is 0 Å². The molecule has 2 N–H and O–H groups in total. The van der Waals surface area contributed by atoms with Crippen LogP contribution in [0.5, 0.6) is 0 Å². The molecule has 0 unspecified atom stereocenters. The first-order valence-electron chi connectivity index (χ1n) is 3.02. The second kappa shape index (κ2) is 3.57. The molecule has 1 rings (SSSR count). The Kier molecular flexibility index (Phi) is 2.85. The summed E-state index contributed by atoms with van der Waals surface area (Å²) in [7, 11) is 0. The molecule has 0 bridgehead atoms. The molecule has 4 nitrogen and oxygen atoms in total. The second-order valence-corrected chi connectivity index (χ2v) is 3.34. The first kappa shape index (κ1) is 10.4. The Hall–Kier alpha value is -0.710. The van der Waals surface area contributed by atoms with Crippen molar-refractivity contribution >= 4 is 46.2 Å². The molecule has 0 aliphatic carbocycles. The fourth-order valence-electron chi connectivity index (χ4n) is 0.743. The van der Waals surface area contributed by atoms with Gasteiger partial charge in [-0.1, -0.05) is 34.8 Å². The Morgan fingerprint density at radius 3 is 2.31 bits per heavy atom. The third-order valence-corrected chi connectivity index (χ3v) is 2.57. The van der Waals surface area contributed by atoms with Crippen molar-refractivity contribution in [3.05, 3.63) is 31.2 Å². The molecular weight excluding hydrogens is 238 g/mol. The number of halogens is 3. The summed E-state index contributed by atoms with van der Waals surface area (Å²) in [5.41, 5.74) is 4.93. The molecule has 0 fully saturated rings. The van der Waals surface area contributed by atoms with Gasteiger partial charge in [0.2, 0.25) is 0 Å². The van der Waals surface area contributed by atoms with Gasteiger partial charge in [0, 0.05) is 6.07 Å². The number of anilines is 1. The van der Waals surface area contributed by atoms with Crippen molar-refractivity contribution in [2.75, 3.05) is 5.73 Å². The van der Waals surface area contributed by atoms with Gasteiger partial charge in [0.25, 0.3) is 5.69 Å². The number of hydrogen-bond acceptors (Lipinski definition) is 3. The van der Waals surface area contributed by atoms with Crippen LogP contribution in [0, 0.1) is 10.1 Å². The lowest BCUT2D eigenvalue weighted by Crippen LogP contribution is -1.95. The average molecular weight is 241 g/mol. The van der Waals surface area contributed by atoms with Gasteiger partial charge >= 0.3 is 0 Å². The van der Waals surface area contributed by atoms with E-state index in [-0.39, 0.29) is 26.4 Å². The molecule has 0 spiro atoms. The molecule has 0 radical (unpaired) electrons. The Bertz CT molecular complexity index is 381. The van der Waals surface area contributed by atoms with Crippen molar-refractivity contribution in [2.45, 2.75) is 0 Å². The number of nitro benzene ring substituents is 1. The van der Waals surface area contributed by atoms with E-state index in [2.05, 4.69) is 0 Å². The third kappa shape index (κ3) is 1.80. The summed E-state index contributed by atoms with van der Waals surface area (Å²) in [6, 6.07) is 1.06. The van der Waals surface area contributed by atoms with Crippen LogP contribution < -0.4 is 5.73 Å². The average Bonchev–Trinajstić information content (AvgIpc) is 2.07. The minimum atomic E-state index is -0.680. The van der Waals surface area contributed by atoms with Crippen LogP contribution in [0.4, 0.5) is 11.4 Å². The largest absolute Gasteiger partial charge is 0.396 e. The van der Waals surface area contributed by atoms with Gasteiger partial charge < -0.3 is 5.73 Å². The van der Waals surface area contributed by atoms with E-state index in [0.717, 1.165) is 6.07 Å². The number of rotatable bonds is 1. The van der Waals surface area contributed by atoms with Crippen LogP contribution in [-0.2, 0) is 0 Å². The highest BCUT2D eigenvalue weighted by Crippen LogP contribution is 2.40. The molecule has 1 aromatic rings. The lowest BCUT2D eigenvalue weighted by atomic mass is 10.3. The minimum Gasteiger partial charge on any atom is -0.396 e. The van der Waals surface area contributed by atoms with Crippen LogP contribution >= 0.6 is 34.8 Å². The summed E-state index contributed by atoms with van der Waals surface area (Å²) >= 11 is 16.7. The normalized spacial score (nSPS) is 10.1. The molecule has 0 saturated carbocycles. The van der Waals surface area contributed by atoms with E-state index in [0.29, 0.717) is 0 Å². The van der Waals surface area contributed by atoms with Gasteiger partial charge in [-0.3, -0.25) is 10.1 Å². The highest BCUT2D eigenvalue weighted by Gasteiger charge is 2.19. The summed E-state index contributed by atoms with van der Waals surface area (Å²) in [6.07, 6.45) is 0. The van der Waals surface area contributed by atoms with Crippen molar-refractivity contribution < 1.29 is 4.92 Å². The summed E-state index contributed by atoms with van der Waals surface area (Å²) < 4.78 is 0. The Labute approximate surface area is 88.3 Å². The smallest absolute Gasteiger partial charge is 0.291 e. The maximum atomic E-state index is 10.4. The fourth-order valence-corrected chi connectivity index (χ4v) is 1.36. The zero-order valence-corrected chi connectivity index (χ0v) is 8.32. The summed E-state index contributed by atoms with van der Waals surface area (Å²) in [5, 5.41) is 10.2. The minimum absolute atomic E-state index is 0.00951. The van der Waals surface area contributed by atoms with Crippen molar-refractivity contribution in [3.63, 3.8) is 0 Å². The molecule has 70 valence electrons. The number of nitrogens with zero attached hydrogens (tertiary/aromatic N) is 1. The van der Waals surface area contributed by atoms with Crippen LogP contribution in [0.2, 0.25) is 15.1 Å². The maximum Gasteiger partial charge on any atom is 0.291 e. The Morgan fingerprint density at radius 1 is 1.31 bits per heavy atom. The van der Waals surface area contributed by atoms with Crippen LogP contribution in [0.3, 0.4) is 0 Å². The molecule has 0 amide bonds. The standard InChI is InChI=1S/C6H3Cl3N2O2/c7-2-1-3(11(12)13)5(9)6(10)4(2)8/h1H,10H2. The van der Waals surface area contributed by atoms with Crippen LogP contribution in [-0.4, -0.2) is 4.92 Å². The highest BCUT2D eigenvalue weighted by molar-refractivity contribution is 6.46. The number of nitrogen functional groups attached to an aromatic ring is 1. The maximum absolute atomic E-state index is 10.4. The van der Waals surface area contributed by atoms with Crippen molar-refractivity contribution in [1.82, 2.24) is 0 Å². The van der Waals surface area contributed by atoms with Gasteiger partial charge in [-0.05, 0) is 0 Å². The topological polar surface area (TPSA) is 69.2 Å².